The summed E-state index contributed by atoms with van der Waals surface area (Å²) in [4.78, 5) is 25.8. The van der Waals surface area contributed by atoms with E-state index in [4.69, 9.17) is 0 Å². The second-order valence-corrected chi connectivity index (χ2v) is 4.90. The van der Waals surface area contributed by atoms with Crippen LogP contribution in [0.5, 0.6) is 0 Å². The van der Waals surface area contributed by atoms with Gasteiger partial charge in [0.1, 0.15) is 6.04 Å². The van der Waals surface area contributed by atoms with Gasteiger partial charge in [-0.2, -0.15) is 0 Å². The lowest BCUT2D eigenvalue weighted by atomic mass is 9.98. The van der Waals surface area contributed by atoms with Crippen LogP contribution in [-0.4, -0.2) is 42.5 Å². The standard InChI is InChI=1S/C13H25N3O2/c1-4-10(3)11(15-13(18)14-5-2)12(17)16-8-6-7-9-16/h10-11H,4-9H2,1-3H3,(H2,14,15,18)/t10?,11-/m0/s1. The topological polar surface area (TPSA) is 61.4 Å². The maximum atomic E-state index is 12.4. The lowest BCUT2D eigenvalue weighted by Crippen LogP contribution is -2.53. The first-order valence-electron chi connectivity index (χ1n) is 6.93. The van der Waals surface area contributed by atoms with Crippen molar-refractivity contribution < 1.29 is 9.59 Å². The van der Waals surface area contributed by atoms with Gasteiger partial charge in [-0.05, 0) is 25.7 Å². The zero-order valence-electron chi connectivity index (χ0n) is 11.7. The van der Waals surface area contributed by atoms with E-state index in [0.29, 0.717) is 6.54 Å². The Kier molecular flexibility index (Phi) is 5.95. The molecule has 0 radical (unpaired) electrons. The van der Waals surface area contributed by atoms with Crippen LogP contribution in [0.25, 0.3) is 0 Å². The summed E-state index contributed by atoms with van der Waals surface area (Å²) < 4.78 is 0. The third-order valence-electron chi connectivity index (χ3n) is 3.52. The molecule has 0 bridgehead atoms. The molecule has 1 aliphatic heterocycles. The van der Waals surface area contributed by atoms with E-state index >= 15 is 0 Å². The van der Waals surface area contributed by atoms with Crippen LogP contribution >= 0.6 is 0 Å². The smallest absolute Gasteiger partial charge is 0.315 e. The van der Waals surface area contributed by atoms with Gasteiger partial charge in [0.05, 0.1) is 0 Å². The molecule has 18 heavy (non-hydrogen) atoms. The van der Waals surface area contributed by atoms with Crippen LogP contribution < -0.4 is 10.6 Å². The fourth-order valence-electron chi connectivity index (χ4n) is 2.17. The number of likely N-dealkylation sites (tertiary alicyclic amines) is 1. The molecule has 2 atom stereocenters. The van der Waals surface area contributed by atoms with Crippen molar-refractivity contribution in [1.29, 1.82) is 0 Å². The first-order chi connectivity index (χ1) is 8.60. The van der Waals surface area contributed by atoms with E-state index in [2.05, 4.69) is 10.6 Å². The molecular formula is C13H25N3O2. The van der Waals surface area contributed by atoms with Gasteiger partial charge in [-0.25, -0.2) is 4.79 Å². The minimum absolute atomic E-state index is 0.0631. The number of urea groups is 1. The summed E-state index contributed by atoms with van der Waals surface area (Å²) in [5.74, 6) is 0.216. The van der Waals surface area contributed by atoms with Crippen LogP contribution in [-0.2, 0) is 4.79 Å². The molecule has 5 nitrogen and oxygen atoms in total. The summed E-state index contributed by atoms with van der Waals surface area (Å²) in [5, 5.41) is 5.48. The predicted octanol–water partition coefficient (Wildman–Crippen LogP) is 1.34. The fraction of sp³-hybridized carbons (Fsp3) is 0.846. The first-order valence-corrected chi connectivity index (χ1v) is 6.93. The minimum Gasteiger partial charge on any atom is -0.341 e. The number of amides is 3. The average molecular weight is 255 g/mol. The zero-order chi connectivity index (χ0) is 13.5. The molecule has 104 valence electrons. The molecule has 0 aromatic rings. The summed E-state index contributed by atoms with van der Waals surface area (Å²) in [6.07, 6.45) is 3.01. The van der Waals surface area contributed by atoms with E-state index in [0.717, 1.165) is 32.4 Å². The number of nitrogens with one attached hydrogen (secondary N) is 2. The SMILES string of the molecule is CCNC(=O)N[C@H](C(=O)N1CCCC1)C(C)CC. The Balaban J connectivity index is 2.64. The highest BCUT2D eigenvalue weighted by Crippen LogP contribution is 2.15. The number of hydrogen-bond acceptors (Lipinski definition) is 2. The van der Waals surface area contributed by atoms with Crippen LogP contribution in [0.2, 0.25) is 0 Å². The molecule has 0 aromatic carbocycles. The van der Waals surface area contributed by atoms with E-state index < -0.39 is 6.04 Å². The van der Waals surface area contributed by atoms with Gasteiger partial charge < -0.3 is 15.5 Å². The lowest BCUT2D eigenvalue weighted by molar-refractivity contribution is -0.133. The quantitative estimate of drug-likeness (QED) is 0.779. The number of carbonyl (C=O) groups is 2. The molecule has 1 saturated heterocycles. The molecule has 1 fully saturated rings. The van der Waals surface area contributed by atoms with Crippen LogP contribution in [0.1, 0.15) is 40.0 Å². The van der Waals surface area contributed by atoms with Gasteiger partial charge in [0.15, 0.2) is 0 Å². The highest BCUT2D eigenvalue weighted by Gasteiger charge is 2.30. The van der Waals surface area contributed by atoms with Gasteiger partial charge in [-0.3, -0.25) is 4.79 Å². The van der Waals surface area contributed by atoms with Crippen molar-refractivity contribution in [2.24, 2.45) is 5.92 Å². The fourth-order valence-corrected chi connectivity index (χ4v) is 2.17. The molecule has 3 amide bonds. The summed E-state index contributed by atoms with van der Waals surface area (Å²) in [6.45, 7) is 8.11. The molecule has 1 heterocycles. The Morgan fingerprint density at radius 3 is 2.33 bits per heavy atom. The van der Waals surface area contributed by atoms with E-state index in [1.807, 2.05) is 25.7 Å². The van der Waals surface area contributed by atoms with Crippen molar-refractivity contribution in [1.82, 2.24) is 15.5 Å². The van der Waals surface area contributed by atoms with Crippen LogP contribution in [0.15, 0.2) is 0 Å². The molecule has 0 aromatic heterocycles. The van der Waals surface area contributed by atoms with Crippen molar-refractivity contribution in [2.45, 2.75) is 46.1 Å². The molecule has 5 heteroatoms. The Morgan fingerprint density at radius 2 is 1.83 bits per heavy atom. The summed E-state index contributed by atoms with van der Waals surface area (Å²) >= 11 is 0. The largest absolute Gasteiger partial charge is 0.341 e. The van der Waals surface area contributed by atoms with Gasteiger partial charge in [0, 0.05) is 19.6 Å². The average Bonchev–Trinajstić information content (AvgIpc) is 2.88. The third kappa shape index (κ3) is 3.89. The number of hydrogen-bond donors (Lipinski definition) is 2. The van der Waals surface area contributed by atoms with Crippen molar-refractivity contribution in [2.75, 3.05) is 19.6 Å². The number of rotatable bonds is 5. The highest BCUT2D eigenvalue weighted by molar-refractivity contribution is 5.87. The molecule has 0 spiro atoms. The van der Waals surface area contributed by atoms with Crippen molar-refractivity contribution in [3.63, 3.8) is 0 Å². The number of carbonyl (C=O) groups excluding carboxylic acids is 2. The van der Waals surface area contributed by atoms with Crippen molar-refractivity contribution >= 4 is 11.9 Å². The first kappa shape index (κ1) is 14.8. The van der Waals surface area contributed by atoms with Crippen molar-refractivity contribution in [3.8, 4) is 0 Å². The molecule has 1 aliphatic rings. The van der Waals surface area contributed by atoms with Gasteiger partial charge in [-0.15, -0.1) is 0 Å². The van der Waals surface area contributed by atoms with Crippen LogP contribution in [0.3, 0.4) is 0 Å². The molecule has 0 saturated carbocycles. The molecule has 1 unspecified atom stereocenters. The Labute approximate surface area is 109 Å². The molecule has 2 N–H and O–H groups in total. The van der Waals surface area contributed by atoms with E-state index in [-0.39, 0.29) is 17.9 Å². The van der Waals surface area contributed by atoms with Crippen molar-refractivity contribution in [3.05, 3.63) is 0 Å². The molecule has 1 rings (SSSR count). The second kappa shape index (κ2) is 7.24. The Hall–Kier alpha value is -1.26. The maximum absolute atomic E-state index is 12.4. The summed E-state index contributed by atoms with van der Waals surface area (Å²) in [6, 6.07) is -0.657. The van der Waals surface area contributed by atoms with Gasteiger partial charge in [0.2, 0.25) is 5.91 Å². The van der Waals surface area contributed by atoms with Gasteiger partial charge in [-0.1, -0.05) is 20.3 Å². The summed E-state index contributed by atoms with van der Waals surface area (Å²) in [7, 11) is 0. The van der Waals surface area contributed by atoms with Crippen LogP contribution in [0, 0.1) is 5.92 Å². The number of nitrogens with zero attached hydrogens (tertiary/aromatic N) is 1. The highest BCUT2D eigenvalue weighted by atomic mass is 16.2. The van der Waals surface area contributed by atoms with E-state index in [9.17, 15) is 9.59 Å². The summed E-state index contributed by atoms with van der Waals surface area (Å²) in [5.41, 5.74) is 0. The normalized spacial score (nSPS) is 18.3. The van der Waals surface area contributed by atoms with Crippen LogP contribution in [0.4, 0.5) is 4.79 Å². The predicted molar refractivity (Wildman–Crippen MR) is 71.3 cm³/mol. The maximum Gasteiger partial charge on any atom is 0.315 e. The van der Waals surface area contributed by atoms with E-state index in [1.165, 1.54) is 0 Å². The zero-order valence-corrected chi connectivity index (χ0v) is 11.7. The lowest BCUT2D eigenvalue weighted by Gasteiger charge is -2.27. The van der Waals surface area contributed by atoms with E-state index in [1.54, 1.807) is 0 Å². The van der Waals surface area contributed by atoms with Gasteiger partial charge in [0.25, 0.3) is 0 Å². The Bertz CT molecular complexity index is 288. The third-order valence-corrected chi connectivity index (χ3v) is 3.52. The molecular weight excluding hydrogens is 230 g/mol. The minimum atomic E-state index is -0.403. The van der Waals surface area contributed by atoms with Gasteiger partial charge >= 0.3 is 6.03 Å². The second-order valence-electron chi connectivity index (χ2n) is 4.90. The Morgan fingerprint density at radius 1 is 1.22 bits per heavy atom. The molecule has 0 aliphatic carbocycles. The monoisotopic (exact) mass is 255 g/mol.